The number of Topliss-reactive ketones (excluding diaryl/α,β-unsaturated/α-hetero) is 1. The number of rotatable bonds is 8. The first-order valence-electron chi connectivity index (χ1n) is 17.6. The number of carbonyl (C=O) groups is 4. The highest BCUT2D eigenvalue weighted by molar-refractivity contribution is 5.94. The van der Waals surface area contributed by atoms with Crippen molar-refractivity contribution in [1.82, 2.24) is 5.32 Å². The lowest BCUT2D eigenvalue weighted by atomic mass is 9.44. The Morgan fingerprint density at radius 2 is 1.68 bits per heavy atom. The minimum atomic E-state index is -2.32. The average Bonchev–Trinajstić information content (AvgIpc) is 3.64. The van der Waals surface area contributed by atoms with Crippen LogP contribution in [-0.4, -0.2) is 110 Å². The normalized spacial score (nSPS) is 35.7. The van der Waals surface area contributed by atoms with Gasteiger partial charge in [0.1, 0.15) is 41.3 Å². The van der Waals surface area contributed by atoms with Crippen molar-refractivity contribution in [3.63, 3.8) is 0 Å². The predicted octanol–water partition coefficient (Wildman–Crippen LogP) is 1.89. The number of carbonyl (C=O) groups excluding carboxylic acids is 4. The minimum Gasteiger partial charge on any atom is -0.467 e. The fraction of sp³-hybridized carbons (Fsp3) is 0.579. The topological polar surface area (TPSA) is 232 Å². The minimum absolute atomic E-state index is 0.00615. The lowest BCUT2D eigenvalue weighted by molar-refractivity contribution is -0.343. The molecular weight excluding hydrogens is 694 g/mol. The van der Waals surface area contributed by atoms with Crippen molar-refractivity contribution in [1.29, 1.82) is 0 Å². The maximum Gasteiger partial charge on any atom is 0.408 e. The number of ether oxygens (including phenoxy) is 4. The number of alkyl carbamates (subject to hydrolysis) is 1. The number of ketones is 1. The van der Waals surface area contributed by atoms with Crippen LogP contribution in [0.2, 0.25) is 0 Å². The largest absolute Gasteiger partial charge is 0.467 e. The highest BCUT2D eigenvalue weighted by Crippen LogP contribution is 2.63. The Kier molecular flexibility index (Phi) is 9.92. The Morgan fingerprint density at radius 1 is 1.00 bits per heavy atom. The molecule has 4 aliphatic rings. The van der Waals surface area contributed by atoms with Crippen LogP contribution in [0.3, 0.4) is 0 Å². The fourth-order valence-corrected chi connectivity index (χ4v) is 8.87. The van der Waals surface area contributed by atoms with Gasteiger partial charge in [-0.1, -0.05) is 32.0 Å². The lowest BCUT2D eigenvalue weighted by Gasteiger charge is -2.66. The Balaban J connectivity index is 1.45. The van der Waals surface area contributed by atoms with E-state index in [4.69, 9.17) is 23.4 Å². The van der Waals surface area contributed by atoms with Crippen LogP contribution in [-0.2, 0) is 28.5 Å². The van der Waals surface area contributed by atoms with E-state index >= 15 is 0 Å². The first-order valence-corrected chi connectivity index (χ1v) is 17.6. The van der Waals surface area contributed by atoms with Crippen molar-refractivity contribution in [3.8, 4) is 0 Å². The first-order chi connectivity index (χ1) is 24.8. The van der Waals surface area contributed by atoms with E-state index in [0.717, 1.165) is 0 Å². The van der Waals surface area contributed by atoms with Gasteiger partial charge in [0.25, 0.3) is 0 Å². The van der Waals surface area contributed by atoms with E-state index in [9.17, 15) is 44.7 Å². The molecule has 0 spiro atoms. The molecule has 6 N–H and O–H groups in total. The van der Waals surface area contributed by atoms with Gasteiger partial charge in [0.15, 0.2) is 11.9 Å². The molecule has 288 valence electrons. The van der Waals surface area contributed by atoms with Crippen LogP contribution in [0.25, 0.3) is 0 Å². The van der Waals surface area contributed by atoms with Crippen molar-refractivity contribution >= 4 is 23.8 Å². The lowest BCUT2D eigenvalue weighted by Crippen LogP contribution is -2.81. The molecule has 0 unspecified atom stereocenters. The third-order valence-electron chi connectivity index (χ3n) is 11.9. The smallest absolute Gasteiger partial charge is 0.408 e. The molecule has 53 heavy (non-hydrogen) atoms. The van der Waals surface area contributed by atoms with E-state index in [2.05, 4.69) is 5.32 Å². The molecule has 1 aliphatic heterocycles. The van der Waals surface area contributed by atoms with E-state index in [0.29, 0.717) is 0 Å². The molecule has 2 bridgehead atoms. The van der Waals surface area contributed by atoms with Crippen molar-refractivity contribution in [2.75, 3.05) is 6.61 Å². The van der Waals surface area contributed by atoms with Crippen molar-refractivity contribution < 1.29 is 68.1 Å². The SMILES string of the molecule is CC1=C2[C@@H](O)C(=O)[C@@]3(C)[C@H]([C@H](OC(=O)c4ccccc4)[C@](O)(C[C@@H]1OC(=O)[C@H](O)[C@@H](NC(=O)OC(C)C)c1ccco1)C2(C)C)[C@]1(O)CO[C@@H]1C[C@@H]3O. The summed E-state index contributed by atoms with van der Waals surface area (Å²) in [7, 11) is 0. The summed E-state index contributed by atoms with van der Waals surface area (Å²) in [5, 5.41) is 62.6. The number of hydrogen-bond acceptors (Lipinski definition) is 14. The second-order valence-corrected chi connectivity index (χ2v) is 15.6. The zero-order valence-electron chi connectivity index (χ0n) is 30.3. The molecule has 2 saturated carbocycles. The van der Waals surface area contributed by atoms with Gasteiger partial charge in [-0.05, 0) is 63.1 Å². The number of aliphatic hydroxyl groups excluding tert-OH is 3. The van der Waals surface area contributed by atoms with E-state index in [1.54, 1.807) is 32.0 Å². The summed E-state index contributed by atoms with van der Waals surface area (Å²) < 4.78 is 28.2. The summed E-state index contributed by atoms with van der Waals surface area (Å²) in [5.74, 6) is -4.63. The number of nitrogens with one attached hydrogen (secondary N) is 1. The van der Waals surface area contributed by atoms with Crippen LogP contribution in [0.4, 0.5) is 4.79 Å². The highest BCUT2D eigenvalue weighted by Gasteiger charge is 2.76. The summed E-state index contributed by atoms with van der Waals surface area (Å²) in [4.78, 5) is 54.8. The summed E-state index contributed by atoms with van der Waals surface area (Å²) in [5.41, 5.74) is -7.60. The van der Waals surface area contributed by atoms with Crippen LogP contribution in [0.15, 0.2) is 64.3 Å². The number of hydrogen-bond donors (Lipinski definition) is 6. The van der Waals surface area contributed by atoms with Crippen molar-refractivity contribution in [3.05, 3.63) is 71.2 Å². The number of benzene rings is 1. The van der Waals surface area contributed by atoms with Gasteiger partial charge in [0, 0.05) is 24.2 Å². The third-order valence-corrected chi connectivity index (χ3v) is 11.9. The molecular formula is C38H47NO14. The maximum absolute atomic E-state index is 14.6. The maximum atomic E-state index is 14.6. The van der Waals surface area contributed by atoms with Crippen LogP contribution in [0, 0.1) is 16.7 Å². The van der Waals surface area contributed by atoms with E-state index < -0.39 is 107 Å². The number of aliphatic hydroxyl groups is 5. The molecule has 6 rings (SSSR count). The molecule has 11 atom stereocenters. The zero-order chi connectivity index (χ0) is 38.8. The van der Waals surface area contributed by atoms with E-state index in [1.165, 1.54) is 58.2 Å². The molecule has 1 aromatic carbocycles. The molecule has 1 saturated heterocycles. The van der Waals surface area contributed by atoms with Gasteiger partial charge in [0.2, 0.25) is 0 Å². The highest BCUT2D eigenvalue weighted by atomic mass is 16.6. The Bertz CT molecular complexity index is 1770. The molecule has 3 aliphatic carbocycles. The first kappa shape index (κ1) is 38.6. The standard InChI is InChI=1S/C38H47NO14/c1-18(2)51-34(46)39-26(21-13-10-14-49-21)28(42)33(45)52-22-16-38(48)31(53-32(44)20-11-8-7-9-12-20)29-36(6,23(40)15-24-37(29,47)17-50-24)30(43)27(41)25(19(22)3)35(38,4)5/h7-14,18,22-24,26-29,31,40-42,47-48H,15-17H2,1-6H3,(H,39,46)/t22-,23-,24+,26-,27+,28+,29-,31-,36+,37-,38+/m0/s1. The van der Waals surface area contributed by atoms with Gasteiger partial charge in [-0.15, -0.1) is 0 Å². The number of fused-ring (bicyclic) bond motifs is 5. The summed E-state index contributed by atoms with van der Waals surface area (Å²) >= 11 is 0. The van der Waals surface area contributed by atoms with E-state index in [-0.39, 0.29) is 35.5 Å². The van der Waals surface area contributed by atoms with Crippen LogP contribution >= 0.6 is 0 Å². The third kappa shape index (κ3) is 6.07. The Hall–Kier alpha value is -4.12. The molecule has 0 radical (unpaired) electrons. The quantitative estimate of drug-likeness (QED) is 0.129. The molecule has 15 nitrogen and oxygen atoms in total. The summed E-state index contributed by atoms with van der Waals surface area (Å²) in [6, 6.07) is 9.27. The second-order valence-electron chi connectivity index (χ2n) is 15.6. The molecule has 3 fully saturated rings. The number of furan rings is 1. The zero-order valence-corrected chi connectivity index (χ0v) is 30.3. The van der Waals surface area contributed by atoms with Crippen LogP contribution in [0.5, 0.6) is 0 Å². The van der Waals surface area contributed by atoms with Gasteiger partial charge < -0.3 is 54.2 Å². The molecule has 1 aromatic heterocycles. The van der Waals surface area contributed by atoms with Crippen LogP contribution < -0.4 is 5.32 Å². The summed E-state index contributed by atoms with van der Waals surface area (Å²) in [6.07, 6.45) is -10.7. The number of esters is 2. The van der Waals surface area contributed by atoms with Gasteiger partial charge in [-0.3, -0.25) is 4.79 Å². The van der Waals surface area contributed by atoms with Gasteiger partial charge in [-0.25, -0.2) is 14.4 Å². The van der Waals surface area contributed by atoms with Crippen molar-refractivity contribution in [2.24, 2.45) is 16.7 Å². The monoisotopic (exact) mass is 741 g/mol. The van der Waals surface area contributed by atoms with Gasteiger partial charge >= 0.3 is 18.0 Å². The molecule has 2 aromatic rings. The summed E-state index contributed by atoms with van der Waals surface area (Å²) in [6.45, 7) is 8.83. The van der Waals surface area contributed by atoms with Gasteiger partial charge in [-0.2, -0.15) is 0 Å². The van der Waals surface area contributed by atoms with Crippen molar-refractivity contribution in [2.45, 2.75) is 114 Å². The molecule has 2 heterocycles. The number of amides is 1. The Morgan fingerprint density at radius 3 is 2.26 bits per heavy atom. The average molecular weight is 742 g/mol. The fourth-order valence-electron chi connectivity index (χ4n) is 8.87. The second kappa shape index (κ2) is 13.6. The van der Waals surface area contributed by atoms with Crippen LogP contribution in [0.1, 0.15) is 76.5 Å². The van der Waals surface area contributed by atoms with E-state index in [1.807, 2.05) is 0 Å². The molecule has 15 heteroatoms. The Labute approximate surface area is 305 Å². The van der Waals surface area contributed by atoms with Gasteiger partial charge in [0.05, 0.1) is 42.2 Å². The predicted molar refractivity (Wildman–Crippen MR) is 182 cm³/mol. The molecule has 1 amide bonds.